The van der Waals surface area contributed by atoms with Crippen LogP contribution in [0.3, 0.4) is 0 Å². The highest BCUT2D eigenvalue weighted by Gasteiger charge is 2.23. The molecule has 0 spiro atoms. The lowest BCUT2D eigenvalue weighted by molar-refractivity contribution is 0.0951. The number of carbonyl (C=O) groups is 1. The summed E-state index contributed by atoms with van der Waals surface area (Å²) in [4.78, 5) is 13.6. The second kappa shape index (κ2) is 9.51. The van der Waals surface area contributed by atoms with Gasteiger partial charge in [-0.15, -0.1) is 10.2 Å². The minimum atomic E-state index is -0.0610. The minimum absolute atomic E-state index is 0.0610. The number of benzene rings is 3. The van der Waals surface area contributed by atoms with Gasteiger partial charge in [0.1, 0.15) is 11.5 Å². The van der Waals surface area contributed by atoms with E-state index in [9.17, 15) is 4.79 Å². The van der Waals surface area contributed by atoms with Crippen molar-refractivity contribution in [2.45, 2.75) is 5.16 Å². The Morgan fingerprint density at radius 1 is 0.892 bits per heavy atom. The predicted molar refractivity (Wildman–Crippen MR) is 143 cm³/mol. The number of para-hydroxylation sites is 2. The Bertz CT molecular complexity index is 1680. The number of thioether (sulfide) groups is 1. The Kier molecular flexibility index (Phi) is 5.90. The molecule has 0 atom stereocenters. The number of fused-ring (bicyclic) bond motifs is 3. The topological polar surface area (TPSA) is 84.3 Å². The van der Waals surface area contributed by atoms with Crippen LogP contribution in [0.2, 0.25) is 0 Å². The maximum Gasteiger partial charge on any atom is 0.242 e. The number of nitrogens with zero attached hydrogens (tertiary/aromatic N) is 4. The van der Waals surface area contributed by atoms with E-state index in [0.29, 0.717) is 33.9 Å². The van der Waals surface area contributed by atoms with E-state index in [-0.39, 0.29) is 11.7 Å². The fraction of sp³-hybridized carbons (Fsp3) is 0.107. The molecule has 0 unspecified atom stereocenters. The summed E-state index contributed by atoms with van der Waals surface area (Å²) in [6, 6.07) is 24.9. The van der Waals surface area contributed by atoms with E-state index in [1.807, 2.05) is 77.4 Å². The Morgan fingerprint density at radius 2 is 1.62 bits per heavy atom. The molecular formula is C28H22N4O4S. The van der Waals surface area contributed by atoms with Gasteiger partial charge in [0.05, 0.1) is 43.0 Å². The fourth-order valence-electron chi connectivity index (χ4n) is 4.50. The van der Waals surface area contributed by atoms with Gasteiger partial charge in [0, 0.05) is 16.8 Å². The summed E-state index contributed by atoms with van der Waals surface area (Å²) >= 11 is 1.30. The van der Waals surface area contributed by atoms with Gasteiger partial charge in [-0.3, -0.25) is 13.9 Å². The molecule has 0 amide bonds. The summed E-state index contributed by atoms with van der Waals surface area (Å²) in [5.41, 5.74) is 2.42. The van der Waals surface area contributed by atoms with Crippen LogP contribution in [0.25, 0.3) is 39.1 Å². The zero-order valence-corrected chi connectivity index (χ0v) is 20.9. The molecule has 0 aliphatic heterocycles. The number of methoxy groups -OCH3 is 2. The second-order valence-corrected chi connectivity index (χ2v) is 9.15. The molecule has 3 heterocycles. The van der Waals surface area contributed by atoms with Crippen molar-refractivity contribution >= 4 is 39.5 Å². The van der Waals surface area contributed by atoms with Gasteiger partial charge in [-0.1, -0.05) is 48.2 Å². The number of hydrogen-bond acceptors (Lipinski definition) is 7. The number of hydrogen-bond donors (Lipinski definition) is 0. The van der Waals surface area contributed by atoms with Crippen molar-refractivity contribution in [1.82, 2.24) is 19.3 Å². The summed E-state index contributed by atoms with van der Waals surface area (Å²) in [7, 11) is 3.20. The van der Waals surface area contributed by atoms with Crippen molar-refractivity contribution in [1.29, 1.82) is 0 Å². The normalized spacial score (nSPS) is 11.3. The third-order valence-corrected chi connectivity index (χ3v) is 7.07. The molecule has 6 rings (SSSR count). The van der Waals surface area contributed by atoms with Crippen LogP contribution in [0.1, 0.15) is 4.79 Å². The molecule has 0 aliphatic rings. The molecule has 3 aromatic heterocycles. The molecule has 0 radical (unpaired) electrons. The van der Waals surface area contributed by atoms with Crippen LogP contribution in [-0.2, 0) is 0 Å². The van der Waals surface area contributed by atoms with Crippen LogP contribution >= 0.6 is 11.8 Å². The molecule has 3 aromatic carbocycles. The molecule has 8 nitrogen and oxygen atoms in total. The van der Waals surface area contributed by atoms with E-state index >= 15 is 0 Å². The third-order valence-electron chi connectivity index (χ3n) is 6.16. The van der Waals surface area contributed by atoms with Gasteiger partial charge in [0.25, 0.3) is 0 Å². The molecule has 0 N–H and O–H groups in total. The highest BCUT2D eigenvalue weighted by atomic mass is 32.2. The lowest BCUT2D eigenvalue weighted by Crippen LogP contribution is -2.13. The van der Waals surface area contributed by atoms with Crippen LogP contribution in [-0.4, -0.2) is 45.2 Å². The molecule has 0 bridgehead atoms. The second-order valence-electron chi connectivity index (χ2n) is 8.21. The van der Waals surface area contributed by atoms with E-state index in [1.54, 1.807) is 31.1 Å². The van der Waals surface area contributed by atoms with Gasteiger partial charge in [-0.25, -0.2) is 0 Å². The summed E-state index contributed by atoms with van der Waals surface area (Å²) < 4.78 is 20.3. The van der Waals surface area contributed by atoms with Crippen molar-refractivity contribution in [2.24, 2.45) is 0 Å². The average molecular weight is 511 g/mol. The largest absolute Gasteiger partial charge is 0.497 e. The summed E-state index contributed by atoms with van der Waals surface area (Å²) in [5, 5.41) is 11.4. The Hall–Kier alpha value is -4.50. The Balaban J connectivity index is 1.42. The lowest BCUT2D eigenvalue weighted by Gasteiger charge is -2.14. The molecule has 0 saturated heterocycles. The van der Waals surface area contributed by atoms with E-state index in [1.165, 1.54) is 11.8 Å². The van der Waals surface area contributed by atoms with Crippen LogP contribution in [0, 0.1) is 0 Å². The zero-order valence-electron chi connectivity index (χ0n) is 20.1. The van der Waals surface area contributed by atoms with Crippen molar-refractivity contribution in [2.75, 3.05) is 20.0 Å². The molecule has 0 aliphatic carbocycles. The SMILES string of the molecule is COc1ccc(OC)c(-n2c(SCC(=O)n3c4ccccc4c4ccccc43)nnc2-c2ccco2)c1. The average Bonchev–Trinajstić information content (AvgIpc) is 3.69. The third kappa shape index (κ3) is 3.93. The number of ether oxygens (including phenoxy) is 2. The molecular weight excluding hydrogens is 488 g/mol. The first-order valence-electron chi connectivity index (χ1n) is 11.6. The molecule has 37 heavy (non-hydrogen) atoms. The van der Waals surface area contributed by atoms with Gasteiger partial charge in [0.15, 0.2) is 10.9 Å². The molecule has 9 heteroatoms. The van der Waals surface area contributed by atoms with Crippen molar-refractivity contribution < 1.29 is 18.7 Å². The summed E-state index contributed by atoms with van der Waals surface area (Å²) in [6.45, 7) is 0. The molecule has 0 saturated carbocycles. The molecule has 0 fully saturated rings. The number of carbonyl (C=O) groups excluding carboxylic acids is 1. The van der Waals surface area contributed by atoms with Crippen LogP contribution in [0.5, 0.6) is 11.5 Å². The van der Waals surface area contributed by atoms with Gasteiger partial charge in [-0.2, -0.15) is 0 Å². The first-order chi connectivity index (χ1) is 18.2. The fourth-order valence-corrected chi connectivity index (χ4v) is 5.29. The van der Waals surface area contributed by atoms with Gasteiger partial charge in [-0.05, 0) is 36.4 Å². The summed E-state index contributed by atoms with van der Waals surface area (Å²) in [6.07, 6.45) is 1.58. The molecule has 184 valence electrons. The number of rotatable bonds is 7. The predicted octanol–water partition coefficient (Wildman–Crippen LogP) is 6.08. The zero-order chi connectivity index (χ0) is 25.4. The van der Waals surface area contributed by atoms with Crippen LogP contribution in [0.15, 0.2) is 94.7 Å². The maximum atomic E-state index is 13.6. The van der Waals surface area contributed by atoms with Gasteiger partial charge in [0.2, 0.25) is 11.7 Å². The minimum Gasteiger partial charge on any atom is -0.497 e. The van der Waals surface area contributed by atoms with E-state index < -0.39 is 0 Å². The van der Waals surface area contributed by atoms with Crippen molar-refractivity contribution in [3.05, 3.63) is 85.1 Å². The van der Waals surface area contributed by atoms with Crippen LogP contribution < -0.4 is 9.47 Å². The van der Waals surface area contributed by atoms with Gasteiger partial charge < -0.3 is 13.9 Å². The number of furan rings is 1. The maximum absolute atomic E-state index is 13.6. The Labute approximate surface area is 216 Å². The van der Waals surface area contributed by atoms with Gasteiger partial charge >= 0.3 is 0 Å². The van der Waals surface area contributed by atoms with Crippen molar-refractivity contribution in [3.8, 4) is 28.8 Å². The smallest absolute Gasteiger partial charge is 0.242 e. The standard InChI is InChI=1S/C28H22N4O4S/c1-34-18-13-14-24(35-2)23(16-18)32-27(25-12-7-15-36-25)29-30-28(32)37-17-26(33)31-21-10-5-3-8-19(21)20-9-4-6-11-22(20)31/h3-16H,17H2,1-2H3. The monoisotopic (exact) mass is 510 g/mol. The quantitative estimate of drug-likeness (QED) is 0.241. The molecule has 6 aromatic rings. The first kappa shape index (κ1) is 22.9. The highest BCUT2D eigenvalue weighted by molar-refractivity contribution is 7.99. The van der Waals surface area contributed by atoms with E-state index in [2.05, 4.69) is 10.2 Å². The lowest BCUT2D eigenvalue weighted by atomic mass is 10.2. The highest BCUT2D eigenvalue weighted by Crippen LogP contribution is 2.35. The van der Waals surface area contributed by atoms with Crippen molar-refractivity contribution in [3.63, 3.8) is 0 Å². The van der Waals surface area contributed by atoms with Crippen LogP contribution in [0.4, 0.5) is 0 Å². The van der Waals surface area contributed by atoms with E-state index in [0.717, 1.165) is 21.8 Å². The first-order valence-corrected chi connectivity index (χ1v) is 12.5. The Morgan fingerprint density at radius 3 is 2.27 bits per heavy atom. The van der Waals surface area contributed by atoms with E-state index in [4.69, 9.17) is 13.9 Å². The number of aromatic nitrogens is 4. The summed E-state index contributed by atoms with van der Waals surface area (Å²) in [5.74, 6) is 2.36.